The van der Waals surface area contributed by atoms with Crippen LogP contribution in [0.4, 0.5) is 9.59 Å². The standard InChI is InChI=1S/C27H32N4O5/c1-20(2)15-23(36-25(33)29-16-21-9-5-3-6-10-21)24(32)30-27(18-28)13-14-31(19-27)26(34)35-17-22-11-7-4-8-12-22/h3-12,20,23H,13-17,19H2,1-2H3,(H,29,33)(H,30,32). The third-order valence-corrected chi connectivity index (χ3v) is 5.82. The van der Waals surface area contributed by atoms with Crippen molar-refractivity contribution in [3.05, 3.63) is 71.8 Å². The van der Waals surface area contributed by atoms with Crippen molar-refractivity contribution < 1.29 is 23.9 Å². The lowest BCUT2D eigenvalue weighted by atomic mass is 9.99. The molecular formula is C27H32N4O5. The zero-order chi connectivity index (χ0) is 26.0. The second-order valence-electron chi connectivity index (χ2n) is 9.26. The van der Waals surface area contributed by atoms with Crippen molar-refractivity contribution in [3.63, 3.8) is 0 Å². The molecule has 3 rings (SSSR count). The number of rotatable bonds is 9. The van der Waals surface area contributed by atoms with E-state index >= 15 is 0 Å². The highest BCUT2D eigenvalue weighted by Crippen LogP contribution is 2.23. The highest BCUT2D eigenvalue weighted by molar-refractivity contribution is 5.84. The molecule has 3 amide bonds. The molecule has 1 saturated heterocycles. The Morgan fingerprint density at radius 3 is 2.31 bits per heavy atom. The number of benzene rings is 2. The summed E-state index contributed by atoms with van der Waals surface area (Å²) in [6.45, 7) is 4.44. The van der Waals surface area contributed by atoms with Crippen LogP contribution < -0.4 is 10.6 Å². The fourth-order valence-electron chi connectivity index (χ4n) is 3.89. The monoisotopic (exact) mass is 492 g/mol. The molecule has 0 saturated carbocycles. The number of carbonyl (C=O) groups excluding carboxylic acids is 3. The Labute approximate surface area is 211 Å². The molecule has 0 aromatic heterocycles. The largest absolute Gasteiger partial charge is 0.445 e. The molecule has 190 valence electrons. The van der Waals surface area contributed by atoms with Gasteiger partial charge in [0.25, 0.3) is 5.91 Å². The molecule has 2 N–H and O–H groups in total. The van der Waals surface area contributed by atoms with Gasteiger partial charge in [-0.1, -0.05) is 74.5 Å². The van der Waals surface area contributed by atoms with Crippen molar-refractivity contribution in [2.24, 2.45) is 5.92 Å². The second-order valence-corrected chi connectivity index (χ2v) is 9.26. The molecule has 0 aliphatic carbocycles. The Balaban J connectivity index is 1.56. The minimum Gasteiger partial charge on any atom is -0.445 e. The molecule has 9 heteroatoms. The minimum absolute atomic E-state index is 0.0164. The topological polar surface area (TPSA) is 121 Å². The Morgan fingerprint density at radius 1 is 1.06 bits per heavy atom. The maximum Gasteiger partial charge on any atom is 0.410 e. The number of ether oxygens (including phenoxy) is 2. The average Bonchev–Trinajstić information content (AvgIpc) is 3.31. The number of nitriles is 1. The summed E-state index contributed by atoms with van der Waals surface area (Å²) in [4.78, 5) is 39.4. The second kappa shape index (κ2) is 12.6. The minimum atomic E-state index is -1.29. The highest BCUT2D eigenvalue weighted by atomic mass is 16.6. The van der Waals surface area contributed by atoms with Gasteiger partial charge in [-0.15, -0.1) is 0 Å². The quantitative estimate of drug-likeness (QED) is 0.550. The van der Waals surface area contributed by atoms with Crippen molar-refractivity contribution >= 4 is 18.1 Å². The van der Waals surface area contributed by atoms with Gasteiger partial charge < -0.3 is 25.0 Å². The molecule has 1 fully saturated rings. The van der Waals surface area contributed by atoms with Gasteiger partial charge in [0.05, 0.1) is 12.6 Å². The molecule has 36 heavy (non-hydrogen) atoms. The van der Waals surface area contributed by atoms with Gasteiger partial charge >= 0.3 is 12.2 Å². The Bertz CT molecular complexity index is 1070. The van der Waals surface area contributed by atoms with Crippen LogP contribution >= 0.6 is 0 Å². The normalized spacial score (nSPS) is 17.7. The summed E-state index contributed by atoms with van der Waals surface area (Å²) in [5, 5.41) is 15.2. The van der Waals surface area contributed by atoms with Crippen molar-refractivity contribution in [2.75, 3.05) is 13.1 Å². The summed E-state index contributed by atoms with van der Waals surface area (Å²) in [5.74, 6) is -0.506. The number of amides is 3. The first-order valence-electron chi connectivity index (χ1n) is 12.0. The number of alkyl carbamates (subject to hydrolysis) is 1. The van der Waals surface area contributed by atoms with Gasteiger partial charge in [0.1, 0.15) is 12.1 Å². The van der Waals surface area contributed by atoms with E-state index in [1.165, 1.54) is 4.90 Å². The fraction of sp³-hybridized carbons (Fsp3) is 0.407. The fourth-order valence-corrected chi connectivity index (χ4v) is 3.89. The van der Waals surface area contributed by atoms with Crippen molar-refractivity contribution in [1.29, 1.82) is 5.26 Å². The van der Waals surface area contributed by atoms with E-state index in [4.69, 9.17) is 9.47 Å². The number of carbonyl (C=O) groups is 3. The third kappa shape index (κ3) is 7.73. The van der Waals surface area contributed by atoms with E-state index in [1.54, 1.807) is 0 Å². The summed E-state index contributed by atoms with van der Waals surface area (Å²) >= 11 is 0. The molecule has 0 bridgehead atoms. The zero-order valence-corrected chi connectivity index (χ0v) is 20.6. The molecule has 9 nitrogen and oxygen atoms in total. The Hall–Kier alpha value is -4.06. The number of nitrogens with one attached hydrogen (secondary N) is 2. The lowest BCUT2D eigenvalue weighted by Crippen LogP contribution is -2.54. The molecule has 1 heterocycles. The maximum atomic E-state index is 13.1. The molecule has 2 unspecified atom stereocenters. The van der Waals surface area contributed by atoms with Gasteiger partial charge in [0.15, 0.2) is 6.10 Å². The first-order chi connectivity index (χ1) is 17.3. The van der Waals surface area contributed by atoms with E-state index in [2.05, 4.69) is 16.7 Å². The molecule has 0 radical (unpaired) electrons. The van der Waals surface area contributed by atoms with Gasteiger partial charge in [-0.3, -0.25) is 4.79 Å². The number of likely N-dealkylation sites (tertiary alicyclic amines) is 1. The van der Waals surface area contributed by atoms with Crippen LogP contribution in [-0.2, 0) is 27.4 Å². The van der Waals surface area contributed by atoms with Crippen molar-refractivity contribution in [3.8, 4) is 6.07 Å². The predicted octanol–water partition coefficient (Wildman–Crippen LogP) is 3.75. The van der Waals surface area contributed by atoms with Crippen LogP contribution in [-0.4, -0.2) is 47.7 Å². The van der Waals surface area contributed by atoms with Gasteiger partial charge in [-0.2, -0.15) is 5.26 Å². The van der Waals surface area contributed by atoms with Crippen LogP contribution in [0.1, 0.15) is 37.8 Å². The summed E-state index contributed by atoms with van der Waals surface area (Å²) in [6, 6.07) is 20.8. The lowest BCUT2D eigenvalue weighted by molar-refractivity contribution is -0.131. The van der Waals surface area contributed by atoms with Crippen LogP contribution in [0.3, 0.4) is 0 Å². The first kappa shape index (κ1) is 26.5. The molecule has 0 spiro atoms. The van der Waals surface area contributed by atoms with Gasteiger partial charge in [0, 0.05) is 19.5 Å². The summed E-state index contributed by atoms with van der Waals surface area (Å²) in [5.41, 5.74) is 0.458. The third-order valence-electron chi connectivity index (χ3n) is 5.82. The SMILES string of the molecule is CC(C)CC(OC(=O)NCc1ccccc1)C(=O)NC1(C#N)CCN(C(=O)OCc2ccccc2)C1. The lowest BCUT2D eigenvalue weighted by Gasteiger charge is -2.26. The van der Waals surface area contributed by atoms with Crippen LogP contribution in [0.5, 0.6) is 0 Å². The number of nitrogens with zero attached hydrogens (tertiary/aromatic N) is 2. The van der Waals surface area contributed by atoms with Gasteiger partial charge in [0.2, 0.25) is 0 Å². The first-order valence-corrected chi connectivity index (χ1v) is 12.0. The van der Waals surface area contributed by atoms with E-state index in [9.17, 15) is 19.6 Å². The Kier molecular flexibility index (Phi) is 9.28. The molecule has 1 aliphatic heterocycles. The summed E-state index contributed by atoms with van der Waals surface area (Å²) < 4.78 is 10.8. The molecular weight excluding hydrogens is 460 g/mol. The Morgan fingerprint density at radius 2 is 1.69 bits per heavy atom. The van der Waals surface area contributed by atoms with Crippen molar-refractivity contribution in [2.45, 2.75) is 51.5 Å². The van der Waals surface area contributed by atoms with Gasteiger partial charge in [-0.25, -0.2) is 9.59 Å². The molecule has 2 atom stereocenters. The van der Waals surface area contributed by atoms with Crippen LogP contribution in [0.15, 0.2) is 60.7 Å². The smallest absolute Gasteiger partial charge is 0.410 e. The van der Waals surface area contributed by atoms with Gasteiger partial charge in [-0.05, 0) is 23.5 Å². The van der Waals surface area contributed by atoms with E-state index in [0.717, 1.165) is 11.1 Å². The van der Waals surface area contributed by atoms with E-state index in [1.807, 2.05) is 74.5 Å². The van der Waals surface area contributed by atoms with Crippen molar-refractivity contribution in [1.82, 2.24) is 15.5 Å². The van der Waals surface area contributed by atoms with E-state index in [0.29, 0.717) is 0 Å². The molecule has 2 aromatic carbocycles. The van der Waals surface area contributed by atoms with Crippen LogP contribution in [0, 0.1) is 17.2 Å². The zero-order valence-electron chi connectivity index (χ0n) is 20.6. The molecule has 1 aliphatic rings. The molecule has 2 aromatic rings. The number of hydrogen-bond donors (Lipinski definition) is 2. The summed E-state index contributed by atoms with van der Waals surface area (Å²) in [6.07, 6.45) is -1.83. The van der Waals surface area contributed by atoms with E-state index < -0.39 is 29.7 Å². The summed E-state index contributed by atoms with van der Waals surface area (Å²) in [7, 11) is 0. The maximum absolute atomic E-state index is 13.1. The van der Waals surface area contributed by atoms with E-state index in [-0.39, 0.29) is 45.0 Å². The number of hydrogen-bond acceptors (Lipinski definition) is 6. The average molecular weight is 493 g/mol. The predicted molar refractivity (Wildman–Crippen MR) is 132 cm³/mol. The highest BCUT2D eigenvalue weighted by Gasteiger charge is 2.43. The van der Waals surface area contributed by atoms with Crippen LogP contribution in [0.2, 0.25) is 0 Å². The van der Waals surface area contributed by atoms with Crippen LogP contribution in [0.25, 0.3) is 0 Å².